The molecule has 0 spiro atoms. The van der Waals surface area contributed by atoms with Crippen LogP contribution in [-0.4, -0.2) is 66.5 Å². The van der Waals surface area contributed by atoms with Crippen LogP contribution >= 0.6 is 11.6 Å². The SMILES string of the molecule is CN(CC(O)CO)C1=NC(=O)C(=Cc2ccc3c(cnn3Cc3ccc(Cl)cc3C(F)(F)F)c2)S1=O. The number of amidine groups is 1. The Labute approximate surface area is 210 Å². The van der Waals surface area contributed by atoms with E-state index >= 15 is 0 Å². The lowest BCUT2D eigenvalue weighted by atomic mass is 10.1. The Bertz CT molecular complexity index is 1420. The van der Waals surface area contributed by atoms with Crippen LogP contribution in [0.5, 0.6) is 0 Å². The number of fused-ring (bicyclic) bond motifs is 1. The van der Waals surface area contributed by atoms with Gasteiger partial charge in [0.1, 0.15) is 15.7 Å². The predicted octanol–water partition coefficient (Wildman–Crippen LogP) is 3.03. The molecule has 0 fully saturated rings. The van der Waals surface area contributed by atoms with Crippen LogP contribution in [0.25, 0.3) is 17.0 Å². The largest absolute Gasteiger partial charge is 0.416 e. The molecule has 1 aliphatic rings. The van der Waals surface area contributed by atoms with E-state index in [2.05, 4.69) is 10.1 Å². The standard InChI is InChI=1S/C23H20ClF3N4O4S/c1-30(11-17(33)12-32)22-29-21(34)20(36(22)35)7-13-2-5-19-15(6-13)9-28-31(19)10-14-3-4-16(24)8-18(14)23(25,26)27/h2-9,17,32-33H,10-12H2,1H3. The number of nitrogens with zero attached hydrogens (tertiary/aromatic N) is 4. The third kappa shape index (κ3) is 5.36. The number of halogens is 4. The number of amides is 1. The van der Waals surface area contributed by atoms with Crippen LogP contribution in [0.15, 0.2) is 52.5 Å². The number of carbonyl (C=O) groups is 1. The van der Waals surface area contributed by atoms with E-state index in [1.54, 1.807) is 18.2 Å². The van der Waals surface area contributed by atoms with Crippen molar-refractivity contribution in [1.29, 1.82) is 0 Å². The topological polar surface area (TPSA) is 108 Å². The van der Waals surface area contributed by atoms with Gasteiger partial charge in [-0.2, -0.15) is 23.3 Å². The van der Waals surface area contributed by atoms with Gasteiger partial charge in [0, 0.05) is 24.0 Å². The molecular weight excluding hydrogens is 521 g/mol. The molecule has 2 atom stereocenters. The summed E-state index contributed by atoms with van der Waals surface area (Å²) in [6, 6.07) is 8.52. The zero-order chi connectivity index (χ0) is 26.2. The molecule has 1 amide bonds. The number of aliphatic hydroxyl groups excluding tert-OH is 2. The fourth-order valence-corrected chi connectivity index (χ4v) is 5.08. The zero-order valence-electron chi connectivity index (χ0n) is 18.7. The molecule has 0 saturated heterocycles. The molecule has 190 valence electrons. The van der Waals surface area contributed by atoms with Gasteiger partial charge in [-0.1, -0.05) is 23.7 Å². The van der Waals surface area contributed by atoms with Crippen LogP contribution in [0.4, 0.5) is 13.2 Å². The third-order valence-corrected chi connectivity index (χ3v) is 7.12. The number of likely N-dealkylation sites (N-methyl/N-ethyl adjacent to an activating group) is 1. The first kappa shape index (κ1) is 26.0. The number of alkyl halides is 3. The summed E-state index contributed by atoms with van der Waals surface area (Å²) in [5, 5.41) is 23.3. The van der Waals surface area contributed by atoms with Crippen molar-refractivity contribution in [3.05, 3.63) is 69.2 Å². The van der Waals surface area contributed by atoms with Gasteiger partial charge in [-0.3, -0.25) is 9.48 Å². The van der Waals surface area contributed by atoms with E-state index in [1.165, 1.54) is 41.0 Å². The average Bonchev–Trinajstić information content (AvgIpc) is 3.34. The normalized spacial score (nSPS) is 18.2. The van der Waals surface area contributed by atoms with Crippen LogP contribution < -0.4 is 0 Å². The van der Waals surface area contributed by atoms with E-state index < -0.39 is 41.2 Å². The maximum absolute atomic E-state index is 13.5. The van der Waals surface area contributed by atoms with Gasteiger partial charge < -0.3 is 15.1 Å². The van der Waals surface area contributed by atoms with Gasteiger partial charge in [0.15, 0.2) is 0 Å². The molecule has 2 heterocycles. The number of hydrogen-bond acceptors (Lipinski definition) is 6. The summed E-state index contributed by atoms with van der Waals surface area (Å²) in [6.45, 7) is -0.692. The quantitative estimate of drug-likeness (QED) is 0.465. The first-order valence-electron chi connectivity index (χ1n) is 10.6. The molecule has 0 saturated carbocycles. The van der Waals surface area contributed by atoms with Crippen molar-refractivity contribution in [2.24, 2.45) is 4.99 Å². The second kappa shape index (κ2) is 10.1. The summed E-state index contributed by atoms with van der Waals surface area (Å²) < 4.78 is 54.6. The molecular formula is C23H20ClF3N4O4S. The molecule has 2 aromatic carbocycles. The number of aromatic nitrogens is 2. The molecule has 36 heavy (non-hydrogen) atoms. The Balaban J connectivity index is 1.59. The maximum Gasteiger partial charge on any atom is 0.416 e. The van der Waals surface area contributed by atoms with Crippen molar-refractivity contribution in [2.45, 2.75) is 18.8 Å². The Morgan fingerprint density at radius 3 is 2.69 bits per heavy atom. The molecule has 1 aliphatic heterocycles. The van der Waals surface area contributed by atoms with Gasteiger partial charge in [-0.05, 0) is 41.5 Å². The Kier molecular flexibility index (Phi) is 7.32. The highest BCUT2D eigenvalue weighted by Gasteiger charge is 2.34. The molecule has 13 heteroatoms. The van der Waals surface area contributed by atoms with Crippen LogP contribution in [0.3, 0.4) is 0 Å². The van der Waals surface area contributed by atoms with E-state index in [4.69, 9.17) is 16.7 Å². The fourth-order valence-electron chi connectivity index (χ4n) is 3.74. The second-order valence-electron chi connectivity index (χ2n) is 8.11. The van der Waals surface area contributed by atoms with Crippen LogP contribution in [0.2, 0.25) is 5.02 Å². The molecule has 2 unspecified atom stereocenters. The average molecular weight is 541 g/mol. The van der Waals surface area contributed by atoms with E-state index in [0.717, 1.165) is 6.07 Å². The fraction of sp³-hybridized carbons (Fsp3) is 0.261. The third-order valence-electron chi connectivity index (χ3n) is 5.46. The summed E-state index contributed by atoms with van der Waals surface area (Å²) in [7, 11) is -0.392. The smallest absolute Gasteiger partial charge is 0.394 e. The molecule has 2 N–H and O–H groups in total. The number of rotatable bonds is 6. The minimum absolute atomic E-state index is 0.00941. The molecule has 3 aromatic rings. The summed E-state index contributed by atoms with van der Waals surface area (Å²) in [4.78, 5) is 17.5. The molecule has 0 radical (unpaired) electrons. The highest BCUT2D eigenvalue weighted by molar-refractivity contribution is 8.05. The van der Waals surface area contributed by atoms with E-state index in [1.807, 2.05) is 0 Å². The summed E-state index contributed by atoms with van der Waals surface area (Å²) in [5.41, 5.74) is 0.258. The van der Waals surface area contributed by atoms with Crippen molar-refractivity contribution in [1.82, 2.24) is 14.7 Å². The number of benzene rings is 2. The predicted molar refractivity (Wildman–Crippen MR) is 130 cm³/mol. The molecule has 0 bridgehead atoms. The van der Waals surface area contributed by atoms with Gasteiger partial charge in [0.25, 0.3) is 5.91 Å². The zero-order valence-corrected chi connectivity index (χ0v) is 20.3. The van der Waals surface area contributed by atoms with Gasteiger partial charge >= 0.3 is 6.18 Å². The summed E-state index contributed by atoms with van der Waals surface area (Å²) in [6.07, 6.45) is -2.75. The lowest BCUT2D eigenvalue weighted by molar-refractivity contribution is -0.138. The van der Waals surface area contributed by atoms with Crippen LogP contribution in [0, 0.1) is 0 Å². The second-order valence-corrected chi connectivity index (χ2v) is 9.89. The summed E-state index contributed by atoms with van der Waals surface area (Å²) >= 11 is 5.76. The van der Waals surface area contributed by atoms with Crippen molar-refractivity contribution < 1.29 is 32.4 Å². The number of carbonyl (C=O) groups excluding carboxylic acids is 1. The monoisotopic (exact) mass is 540 g/mol. The minimum Gasteiger partial charge on any atom is -0.394 e. The molecule has 4 rings (SSSR count). The van der Waals surface area contributed by atoms with Crippen molar-refractivity contribution >= 4 is 50.5 Å². The number of hydrogen-bond donors (Lipinski definition) is 2. The van der Waals surface area contributed by atoms with E-state index in [-0.39, 0.29) is 33.7 Å². The van der Waals surface area contributed by atoms with E-state index in [0.29, 0.717) is 16.5 Å². The highest BCUT2D eigenvalue weighted by atomic mass is 35.5. The van der Waals surface area contributed by atoms with Crippen molar-refractivity contribution in [3.8, 4) is 0 Å². The van der Waals surface area contributed by atoms with Gasteiger partial charge in [0.2, 0.25) is 5.17 Å². The Hall–Kier alpha value is -3.06. The minimum atomic E-state index is -4.57. The lowest BCUT2D eigenvalue weighted by Gasteiger charge is -2.19. The van der Waals surface area contributed by atoms with Gasteiger partial charge in [0.05, 0.1) is 36.5 Å². The van der Waals surface area contributed by atoms with Gasteiger partial charge in [-0.25, -0.2) is 4.21 Å². The van der Waals surface area contributed by atoms with Gasteiger partial charge in [-0.15, -0.1) is 0 Å². The van der Waals surface area contributed by atoms with E-state index in [9.17, 15) is 27.3 Å². The molecule has 8 nitrogen and oxygen atoms in total. The van der Waals surface area contributed by atoms with Crippen molar-refractivity contribution in [2.75, 3.05) is 20.2 Å². The molecule has 0 aliphatic carbocycles. The van der Waals surface area contributed by atoms with Crippen LogP contribution in [-0.2, 0) is 28.3 Å². The Morgan fingerprint density at radius 1 is 1.25 bits per heavy atom. The maximum atomic E-state index is 13.5. The first-order chi connectivity index (χ1) is 17.0. The highest BCUT2D eigenvalue weighted by Crippen LogP contribution is 2.34. The first-order valence-corrected chi connectivity index (χ1v) is 12.1. The Morgan fingerprint density at radius 2 is 2.00 bits per heavy atom. The summed E-state index contributed by atoms with van der Waals surface area (Å²) in [5.74, 6) is -0.688. The molecule has 1 aromatic heterocycles. The van der Waals surface area contributed by atoms with Crippen LogP contribution in [0.1, 0.15) is 16.7 Å². The number of aliphatic hydroxyl groups is 2. The van der Waals surface area contributed by atoms with Crippen molar-refractivity contribution in [3.63, 3.8) is 0 Å². The number of aliphatic imine (C=N–C) groups is 1. The lowest BCUT2D eigenvalue weighted by Crippen LogP contribution is -2.36.